The van der Waals surface area contributed by atoms with Crippen LogP contribution in [0.5, 0.6) is 0 Å². The van der Waals surface area contributed by atoms with Crippen molar-refractivity contribution in [3.05, 3.63) is 0 Å². The highest BCUT2D eigenvalue weighted by Gasteiger charge is 2.39. The van der Waals surface area contributed by atoms with E-state index >= 15 is 0 Å². The van der Waals surface area contributed by atoms with E-state index in [4.69, 9.17) is 0 Å². The standard InChI is InChI=1S/C15H27N3O3/c1-9(2)12-7-18(11(4)20)8-13(12)16-14(21)15(5,6)17-10(3)19/h9,12-13H,7-8H2,1-6H3,(H,16,21)(H,17,19)/t12-,13+/m0/s1. The lowest BCUT2D eigenvalue weighted by Gasteiger charge is -2.29. The normalized spacial score (nSPS) is 22.3. The molecule has 1 aliphatic rings. The number of likely N-dealkylation sites (tertiary alicyclic amines) is 1. The topological polar surface area (TPSA) is 78.5 Å². The number of amides is 3. The molecule has 0 aromatic rings. The van der Waals surface area contributed by atoms with Crippen LogP contribution in [-0.4, -0.2) is 47.3 Å². The Labute approximate surface area is 126 Å². The minimum Gasteiger partial charge on any atom is -0.349 e. The Balaban J connectivity index is 2.77. The Kier molecular flexibility index (Phi) is 5.36. The van der Waals surface area contributed by atoms with Crippen LogP contribution in [0.3, 0.4) is 0 Å². The molecule has 6 heteroatoms. The summed E-state index contributed by atoms with van der Waals surface area (Å²) in [6, 6.07) is -0.0746. The van der Waals surface area contributed by atoms with Crippen molar-refractivity contribution >= 4 is 17.7 Å². The van der Waals surface area contributed by atoms with Crippen LogP contribution >= 0.6 is 0 Å². The Morgan fingerprint density at radius 2 is 1.71 bits per heavy atom. The van der Waals surface area contributed by atoms with Gasteiger partial charge in [-0.05, 0) is 19.8 Å². The summed E-state index contributed by atoms with van der Waals surface area (Å²) in [6.07, 6.45) is 0. The lowest BCUT2D eigenvalue weighted by molar-refractivity contribution is -0.132. The predicted octanol–water partition coefficient (Wildman–Crippen LogP) is 0.520. The summed E-state index contributed by atoms with van der Waals surface area (Å²) in [4.78, 5) is 36.9. The third kappa shape index (κ3) is 4.44. The van der Waals surface area contributed by atoms with Crippen LogP contribution in [-0.2, 0) is 14.4 Å². The number of carbonyl (C=O) groups excluding carboxylic acids is 3. The number of rotatable bonds is 4. The molecule has 21 heavy (non-hydrogen) atoms. The van der Waals surface area contributed by atoms with Crippen LogP contribution in [0.2, 0.25) is 0 Å². The summed E-state index contributed by atoms with van der Waals surface area (Å²) in [5.74, 6) is 0.152. The van der Waals surface area contributed by atoms with Gasteiger partial charge in [0.25, 0.3) is 0 Å². The average molecular weight is 297 g/mol. The first-order valence-corrected chi connectivity index (χ1v) is 7.39. The highest BCUT2D eigenvalue weighted by atomic mass is 16.2. The van der Waals surface area contributed by atoms with Crippen LogP contribution in [0.4, 0.5) is 0 Å². The molecule has 0 radical (unpaired) electrons. The molecular weight excluding hydrogens is 270 g/mol. The maximum atomic E-state index is 12.4. The van der Waals surface area contributed by atoms with Crippen molar-refractivity contribution in [2.45, 2.75) is 53.1 Å². The van der Waals surface area contributed by atoms with Gasteiger partial charge in [-0.1, -0.05) is 13.8 Å². The maximum Gasteiger partial charge on any atom is 0.245 e. The van der Waals surface area contributed by atoms with Crippen molar-refractivity contribution in [3.63, 3.8) is 0 Å². The molecule has 0 bridgehead atoms. The summed E-state index contributed by atoms with van der Waals surface area (Å²) < 4.78 is 0. The molecule has 6 nitrogen and oxygen atoms in total. The van der Waals surface area contributed by atoms with Gasteiger partial charge in [-0.2, -0.15) is 0 Å². The molecule has 0 unspecified atom stereocenters. The molecule has 0 spiro atoms. The fraction of sp³-hybridized carbons (Fsp3) is 0.800. The van der Waals surface area contributed by atoms with E-state index in [1.807, 2.05) is 0 Å². The van der Waals surface area contributed by atoms with E-state index in [1.165, 1.54) is 6.92 Å². The molecule has 2 atom stereocenters. The zero-order chi connectivity index (χ0) is 16.4. The van der Waals surface area contributed by atoms with Gasteiger partial charge in [0.05, 0.1) is 6.04 Å². The third-order valence-corrected chi connectivity index (χ3v) is 4.04. The van der Waals surface area contributed by atoms with Gasteiger partial charge in [0.2, 0.25) is 17.7 Å². The van der Waals surface area contributed by atoms with Gasteiger partial charge in [-0.15, -0.1) is 0 Å². The van der Waals surface area contributed by atoms with E-state index in [0.29, 0.717) is 19.0 Å². The molecule has 1 aliphatic heterocycles. The molecule has 1 saturated heterocycles. The first kappa shape index (κ1) is 17.5. The zero-order valence-electron chi connectivity index (χ0n) is 13.8. The lowest BCUT2D eigenvalue weighted by Crippen LogP contribution is -2.57. The van der Waals surface area contributed by atoms with Gasteiger partial charge >= 0.3 is 0 Å². The Morgan fingerprint density at radius 3 is 2.14 bits per heavy atom. The quantitative estimate of drug-likeness (QED) is 0.794. The van der Waals surface area contributed by atoms with E-state index in [0.717, 1.165) is 0 Å². The fourth-order valence-electron chi connectivity index (χ4n) is 2.76. The second-order valence-electron chi connectivity index (χ2n) is 6.72. The van der Waals surface area contributed by atoms with E-state index in [2.05, 4.69) is 24.5 Å². The van der Waals surface area contributed by atoms with E-state index in [-0.39, 0.29) is 29.7 Å². The van der Waals surface area contributed by atoms with E-state index in [9.17, 15) is 14.4 Å². The van der Waals surface area contributed by atoms with Crippen molar-refractivity contribution in [2.24, 2.45) is 11.8 Å². The van der Waals surface area contributed by atoms with Gasteiger partial charge < -0.3 is 15.5 Å². The minimum absolute atomic E-state index is 0.0264. The van der Waals surface area contributed by atoms with E-state index < -0.39 is 5.54 Å². The van der Waals surface area contributed by atoms with Crippen molar-refractivity contribution in [3.8, 4) is 0 Å². The van der Waals surface area contributed by atoms with Crippen molar-refractivity contribution in [1.29, 1.82) is 0 Å². The number of carbonyl (C=O) groups is 3. The number of nitrogens with zero attached hydrogens (tertiary/aromatic N) is 1. The van der Waals surface area contributed by atoms with Crippen molar-refractivity contribution in [2.75, 3.05) is 13.1 Å². The van der Waals surface area contributed by atoms with Crippen LogP contribution in [0.1, 0.15) is 41.5 Å². The average Bonchev–Trinajstić information content (AvgIpc) is 2.71. The fourth-order valence-corrected chi connectivity index (χ4v) is 2.76. The molecule has 120 valence electrons. The van der Waals surface area contributed by atoms with Crippen molar-refractivity contribution < 1.29 is 14.4 Å². The molecule has 1 rings (SSSR count). The molecule has 1 heterocycles. The molecule has 0 aromatic heterocycles. The number of nitrogens with one attached hydrogen (secondary N) is 2. The summed E-state index contributed by atoms with van der Waals surface area (Å²) in [6.45, 7) is 11.6. The van der Waals surface area contributed by atoms with E-state index in [1.54, 1.807) is 25.7 Å². The zero-order valence-corrected chi connectivity index (χ0v) is 13.8. The van der Waals surface area contributed by atoms with Crippen molar-refractivity contribution in [1.82, 2.24) is 15.5 Å². The lowest BCUT2D eigenvalue weighted by atomic mass is 9.90. The molecular formula is C15H27N3O3. The minimum atomic E-state index is -0.961. The second kappa shape index (κ2) is 6.45. The summed E-state index contributed by atoms with van der Waals surface area (Å²) in [7, 11) is 0. The van der Waals surface area contributed by atoms with Crippen LogP contribution in [0.15, 0.2) is 0 Å². The smallest absolute Gasteiger partial charge is 0.245 e. The molecule has 0 aliphatic carbocycles. The van der Waals surface area contributed by atoms with Gasteiger partial charge in [0.15, 0.2) is 0 Å². The molecule has 0 aromatic carbocycles. The summed E-state index contributed by atoms with van der Waals surface area (Å²) in [5.41, 5.74) is -0.961. The summed E-state index contributed by atoms with van der Waals surface area (Å²) in [5, 5.41) is 5.63. The third-order valence-electron chi connectivity index (χ3n) is 4.04. The highest BCUT2D eigenvalue weighted by Crippen LogP contribution is 2.25. The monoisotopic (exact) mass is 297 g/mol. The Hall–Kier alpha value is -1.59. The molecule has 2 N–H and O–H groups in total. The molecule has 0 saturated carbocycles. The van der Waals surface area contributed by atoms with Crippen LogP contribution in [0, 0.1) is 11.8 Å². The van der Waals surface area contributed by atoms with Gasteiger partial charge in [-0.25, -0.2) is 0 Å². The summed E-state index contributed by atoms with van der Waals surface area (Å²) >= 11 is 0. The Morgan fingerprint density at radius 1 is 1.14 bits per heavy atom. The highest BCUT2D eigenvalue weighted by molar-refractivity contribution is 5.90. The van der Waals surface area contributed by atoms with Crippen LogP contribution < -0.4 is 10.6 Å². The molecule has 3 amide bonds. The predicted molar refractivity (Wildman–Crippen MR) is 80.4 cm³/mol. The number of hydrogen-bond acceptors (Lipinski definition) is 3. The first-order valence-electron chi connectivity index (χ1n) is 7.39. The van der Waals surface area contributed by atoms with Crippen LogP contribution in [0.25, 0.3) is 0 Å². The second-order valence-corrected chi connectivity index (χ2v) is 6.72. The first-order chi connectivity index (χ1) is 9.54. The SMILES string of the molecule is CC(=O)NC(C)(C)C(=O)N[C@@H]1CN(C(C)=O)C[C@H]1C(C)C. The maximum absolute atomic E-state index is 12.4. The largest absolute Gasteiger partial charge is 0.349 e. The Bertz CT molecular complexity index is 432. The van der Waals surface area contributed by atoms with Gasteiger partial charge in [0.1, 0.15) is 5.54 Å². The molecule has 1 fully saturated rings. The van der Waals surface area contributed by atoms with Gasteiger partial charge in [0, 0.05) is 32.9 Å². The van der Waals surface area contributed by atoms with Gasteiger partial charge in [-0.3, -0.25) is 14.4 Å². The number of hydrogen-bond donors (Lipinski definition) is 2.